The molecular weight excluding hydrogens is 366 g/mol. The number of aryl methyl sites for hydroxylation is 1. The van der Waals surface area contributed by atoms with Crippen LogP contribution in [0.1, 0.15) is 21.5 Å². The summed E-state index contributed by atoms with van der Waals surface area (Å²) >= 11 is 0. The summed E-state index contributed by atoms with van der Waals surface area (Å²) in [5.41, 5.74) is 3.35. The van der Waals surface area contributed by atoms with E-state index in [0.29, 0.717) is 17.6 Å². The van der Waals surface area contributed by atoms with Crippen LogP contribution < -0.4 is 4.74 Å². The monoisotopic (exact) mass is 385 g/mol. The lowest BCUT2D eigenvalue weighted by molar-refractivity contribution is 0.0995. The molecule has 0 saturated carbocycles. The van der Waals surface area contributed by atoms with E-state index in [1.165, 1.54) is 0 Å². The molecule has 6 nitrogen and oxygen atoms in total. The number of rotatable bonds is 5. The number of ether oxygens (including phenoxy) is 1. The van der Waals surface area contributed by atoms with Gasteiger partial charge in [0, 0.05) is 10.9 Å². The number of nitrogens with one attached hydrogen (secondary N) is 1. The molecule has 1 aromatic heterocycles. The molecule has 1 amide bonds. The van der Waals surface area contributed by atoms with Crippen LogP contribution in [0, 0.1) is 6.92 Å². The molecule has 0 fully saturated rings. The molecule has 0 radical (unpaired) electrons. The zero-order valence-electron chi connectivity index (χ0n) is 15.8. The van der Waals surface area contributed by atoms with Crippen molar-refractivity contribution in [3.05, 3.63) is 89.5 Å². The third-order valence-electron chi connectivity index (χ3n) is 4.59. The van der Waals surface area contributed by atoms with Gasteiger partial charge in [0.1, 0.15) is 12.4 Å². The Bertz CT molecular complexity index is 1180. The van der Waals surface area contributed by atoms with Gasteiger partial charge in [0.15, 0.2) is 5.69 Å². The zero-order valence-corrected chi connectivity index (χ0v) is 15.8. The molecule has 4 rings (SSSR count). The number of fused-ring (bicyclic) bond motifs is 1. The van der Waals surface area contributed by atoms with Gasteiger partial charge in [0.25, 0.3) is 5.91 Å². The van der Waals surface area contributed by atoms with Gasteiger partial charge in [-0.25, -0.2) is 0 Å². The summed E-state index contributed by atoms with van der Waals surface area (Å²) in [6.07, 6.45) is 0. The Morgan fingerprint density at radius 2 is 1.76 bits per heavy atom. The standard InChI is InChI=1S/C23H19N3O3/c1-15-6-5-9-19-20(15)24-23(28)21(19)25-26-22(27)17-12-10-16(11-13-17)14-29-18-7-3-2-4-8-18/h2-13,24,28H,14H2,1H3. The van der Waals surface area contributed by atoms with Crippen molar-refractivity contribution in [2.45, 2.75) is 13.5 Å². The first-order chi connectivity index (χ1) is 14.1. The number of hydrogen-bond acceptors (Lipinski definition) is 4. The third kappa shape index (κ3) is 4.01. The molecule has 144 valence electrons. The molecule has 0 saturated heterocycles. The first-order valence-corrected chi connectivity index (χ1v) is 9.15. The largest absolute Gasteiger partial charge is 0.493 e. The van der Waals surface area contributed by atoms with Crippen LogP contribution >= 0.6 is 0 Å². The van der Waals surface area contributed by atoms with E-state index in [0.717, 1.165) is 22.4 Å². The van der Waals surface area contributed by atoms with Crippen molar-refractivity contribution in [1.82, 2.24) is 4.98 Å². The number of carbonyl (C=O) groups is 1. The second-order valence-electron chi connectivity index (χ2n) is 6.62. The summed E-state index contributed by atoms with van der Waals surface area (Å²) < 4.78 is 5.69. The maximum atomic E-state index is 12.4. The predicted molar refractivity (Wildman–Crippen MR) is 111 cm³/mol. The molecule has 0 aliphatic rings. The smallest absolute Gasteiger partial charge is 0.295 e. The normalized spacial score (nSPS) is 11.2. The fourth-order valence-electron chi connectivity index (χ4n) is 3.02. The number of nitrogens with zero attached hydrogens (tertiary/aromatic N) is 2. The number of H-pyrrole nitrogens is 1. The summed E-state index contributed by atoms with van der Waals surface area (Å²) in [5.74, 6) is 0.191. The first kappa shape index (κ1) is 18.4. The maximum absolute atomic E-state index is 12.4. The minimum Gasteiger partial charge on any atom is -0.493 e. The van der Waals surface area contributed by atoms with Crippen molar-refractivity contribution < 1.29 is 14.6 Å². The van der Waals surface area contributed by atoms with Gasteiger partial charge in [0.2, 0.25) is 5.88 Å². The molecular formula is C23H19N3O3. The Kier molecular flexibility index (Phi) is 5.07. The van der Waals surface area contributed by atoms with Crippen molar-refractivity contribution in [3.8, 4) is 11.6 Å². The Morgan fingerprint density at radius 3 is 2.52 bits per heavy atom. The number of carbonyl (C=O) groups excluding carboxylic acids is 1. The second-order valence-corrected chi connectivity index (χ2v) is 6.62. The van der Waals surface area contributed by atoms with Crippen LogP contribution in [0.3, 0.4) is 0 Å². The van der Waals surface area contributed by atoms with E-state index in [1.807, 2.05) is 67.6 Å². The fourth-order valence-corrected chi connectivity index (χ4v) is 3.02. The van der Waals surface area contributed by atoms with Gasteiger partial charge >= 0.3 is 0 Å². The van der Waals surface area contributed by atoms with Crippen LogP contribution in [0.2, 0.25) is 0 Å². The minimum atomic E-state index is -0.484. The van der Waals surface area contributed by atoms with E-state index < -0.39 is 5.91 Å². The van der Waals surface area contributed by atoms with Gasteiger partial charge in [-0.2, -0.15) is 0 Å². The lowest BCUT2D eigenvalue weighted by atomic mass is 10.1. The van der Waals surface area contributed by atoms with Crippen molar-refractivity contribution in [3.63, 3.8) is 0 Å². The highest BCUT2D eigenvalue weighted by Crippen LogP contribution is 2.36. The quantitative estimate of drug-likeness (QED) is 0.433. The van der Waals surface area contributed by atoms with E-state index >= 15 is 0 Å². The second kappa shape index (κ2) is 7.98. The van der Waals surface area contributed by atoms with Crippen LogP contribution in [0.25, 0.3) is 10.9 Å². The summed E-state index contributed by atoms with van der Waals surface area (Å²) in [6.45, 7) is 2.33. The Morgan fingerprint density at radius 1 is 1.00 bits per heavy atom. The number of aromatic amines is 1. The van der Waals surface area contributed by atoms with Crippen LogP contribution in [-0.4, -0.2) is 16.0 Å². The van der Waals surface area contributed by atoms with E-state index in [2.05, 4.69) is 15.2 Å². The fraction of sp³-hybridized carbons (Fsp3) is 0.0870. The average Bonchev–Trinajstić information content (AvgIpc) is 3.08. The molecule has 0 atom stereocenters. The van der Waals surface area contributed by atoms with Crippen LogP contribution in [0.5, 0.6) is 11.6 Å². The van der Waals surface area contributed by atoms with E-state index in [4.69, 9.17) is 4.74 Å². The third-order valence-corrected chi connectivity index (χ3v) is 4.59. The highest BCUT2D eigenvalue weighted by atomic mass is 16.5. The number of hydrogen-bond donors (Lipinski definition) is 2. The van der Waals surface area contributed by atoms with Crippen molar-refractivity contribution in [2.75, 3.05) is 0 Å². The van der Waals surface area contributed by atoms with E-state index in [1.54, 1.807) is 12.1 Å². The first-order valence-electron chi connectivity index (χ1n) is 9.15. The Labute approximate surface area is 167 Å². The number of para-hydroxylation sites is 2. The van der Waals surface area contributed by atoms with Gasteiger partial charge < -0.3 is 14.8 Å². The van der Waals surface area contributed by atoms with Crippen LogP contribution in [0.4, 0.5) is 5.69 Å². The van der Waals surface area contributed by atoms with Crippen molar-refractivity contribution >= 4 is 22.5 Å². The van der Waals surface area contributed by atoms with Gasteiger partial charge in [-0.3, -0.25) is 4.79 Å². The molecule has 4 aromatic rings. The number of amides is 1. The molecule has 0 aliphatic carbocycles. The molecule has 0 unspecified atom stereocenters. The number of aromatic nitrogens is 1. The molecule has 0 bridgehead atoms. The minimum absolute atomic E-state index is 0.112. The van der Waals surface area contributed by atoms with Crippen molar-refractivity contribution in [1.29, 1.82) is 0 Å². The van der Waals surface area contributed by atoms with Gasteiger partial charge in [-0.1, -0.05) is 48.5 Å². The van der Waals surface area contributed by atoms with E-state index in [9.17, 15) is 9.90 Å². The molecule has 0 aliphatic heterocycles. The van der Waals surface area contributed by atoms with E-state index in [-0.39, 0.29) is 11.6 Å². The summed E-state index contributed by atoms with van der Waals surface area (Å²) in [4.78, 5) is 15.2. The van der Waals surface area contributed by atoms with Crippen molar-refractivity contribution in [2.24, 2.45) is 10.2 Å². The number of azo groups is 1. The summed E-state index contributed by atoms with van der Waals surface area (Å²) in [6, 6.07) is 22.1. The van der Waals surface area contributed by atoms with Gasteiger partial charge in [-0.15, -0.1) is 10.2 Å². The predicted octanol–water partition coefficient (Wildman–Crippen LogP) is 5.69. The molecule has 2 N–H and O–H groups in total. The Balaban J connectivity index is 1.46. The zero-order chi connectivity index (χ0) is 20.2. The molecule has 6 heteroatoms. The summed E-state index contributed by atoms with van der Waals surface area (Å²) in [5, 5.41) is 18.6. The molecule has 29 heavy (non-hydrogen) atoms. The number of aromatic hydroxyl groups is 1. The lowest BCUT2D eigenvalue weighted by Gasteiger charge is -2.06. The van der Waals surface area contributed by atoms with Crippen LogP contribution in [0.15, 0.2) is 83.0 Å². The average molecular weight is 385 g/mol. The maximum Gasteiger partial charge on any atom is 0.295 e. The van der Waals surface area contributed by atoms with Gasteiger partial charge in [-0.05, 0) is 42.3 Å². The summed E-state index contributed by atoms with van der Waals surface area (Å²) in [7, 11) is 0. The molecule has 3 aromatic carbocycles. The highest BCUT2D eigenvalue weighted by Gasteiger charge is 2.12. The topological polar surface area (TPSA) is 87.0 Å². The highest BCUT2D eigenvalue weighted by molar-refractivity contribution is 5.97. The molecule has 1 heterocycles. The lowest BCUT2D eigenvalue weighted by Crippen LogP contribution is -1.98. The SMILES string of the molecule is Cc1cccc2c(N=NC(=O)c3ccc(COc4ccccc4)cc3)c(O)[nH]c12. The number of benzene rings is 3. The Hall–Kier alpha value is -3.93. The van der Waals surface area contributed by atoms with Crippen LogP contribution in [-0.2, 0) is 6.61 Å². The van der Waals surface area contributed by atoms with Gasteiger partial charge in [0.05, 0.1) is 5.52 Å². The molecule has 0 spiro atoms.